The number of hydrogen-bond acceptors (Lipinski definition) is 4. The minimum absolute atomic E-state index is 0. The van der Waals surface area contributed by atoms with Crippen LogP contribution in [0.15, 0.2) is 36.4 Å². The van der Waals surface area contributed by atoms with Gasteiger partial charge in [-0.05, 0) is 156 Å². The first-order valence-electron chi connectivity index (χ1n) is 11.6. The Kier molecular flexibility index (Phi) is 15.0. The van der Waals surface area contributed by atoms with E-state index in [1.807, 2.05) is 6.92 Å². The van der Waals surface area contributed by atoms with E-state index in [4.69, 9.17) is 4.74 Å². The molecule has 2 aromatic carbocycles. The topological polar surface area (TPSA) is 73.4 Å². The van der Waals surface area contributed by atoms with Gasteiger partial charge in [-0.15, -0.1) is 0 Å². The predicted molar refractivity (Wildman–Crippen MR) is 148 cm³/mol. The molecule has 0 amide bonds. The number of esters is 1. The van der Waals surface area contributed by atoms with E-state index in [1.54, 1.807) is 6.92 Å². The third-order valence-electron chi connectivity index (χ3n) is 6.34. The summed E-state index contributed by atoms with van der Waals surface area (Å²) < 4.78 is 7.62. The van der Waals surface area contributed by atoms with Crippen molar-refractivity contribution in [2.45, 2.75) is 77.0 Å². The van der Waals surface area contributed by atoms with Gasteiger partial charge in [-0.3, -0.25) is 4.79 Å². The summed E-state index contributed by atoms with van der Waals surface area (Å²) in [4.78, 5) is 22.8. The fourth-order valence-corrected chi connectivity index (χ4v) is 6.07. The standard InChI is InChI=1S/C14H17IO2.C13H15IO.Na.H2O/c1-2-17-14(16)9-11-5-3-4-10-8-12(15)6-7-13(10)11;1-9(15)7-10-3-2-4-11-8-12(14)5-6-13(10)11;;/h6-8,11H,2-5,9H2,1H3;5-6,8,10H,2-4,7H2,1H3;;1H2/q;;+1;/p-1/t11-;10-;;/m00../s1. The van der Waals surface area contributed by atoms with E-state index in [-0.39, 0.29) is 41.0 Å². The van der Waals surface area contributed by atoms with Crippen LogP contribution in [0.3, 0.4) is 0 Å². The van der Waals surface area contributed by atoms with Gasteiger partial charge in [0.15, 0.2) is 0 Å². The van der Waals surface area contributed by atoms with Crippen molar-refractivity contribution in [3.8, 4) is 0 Å². The monoisotopic (exact) mass is 698 g/mol. The zero-order chi connectivity index (χ0) is 23.1. The van der Waals surface area contributed by atoms with Crippen LogP contribution in [0, 0.1) is 7.14 Å². The Labute approximate surface area is 253 Å². The molecule has 0 spiro atoms. The summed E-state index contributed by atoms with van der Waals surface area (Å²) in [6.45, 7) is 4.03. The van der Waals surface area contributed by atoms with Crippen LogP contribution >= 0.6 is 45.2 Å². The SMILES string of the molecule is CC(=O)C[C@@H]1CCCc2cc(I)ccc21.CCOC(=O)C[C@@H]1CCCc2cc(I)ccc21.[Na+].[OH-]. The van der Waals surface area contributed by atoms with E-state index >= 15 is 0 Å². The second-order valence-electron chi connectivity index (χ2n) is 8.78. The molecule has 0 radical (unpaired) electrons. The first-order valence-corrected chi connectivity index (χ1v) is 13.7. The van der Waals surface area contributed by atoms with E-state index < -0.39 is 0 Å². The maximum atomic E-state index is 11.6. The number of fused-ring (bicyclic) bond motifs is 2. The number of carbonyl (C=O) groups excluding carboxylic acids is 2. The normalized spacial score (nSPS) is 18.0. The summed E-state index contributed by atoms with van der Waals surface area (Å²) in [5.74, 6) is 1.08. The van der Waals surface area contributed by atoms with Crippen LogP contribution in [0.2, 0.25) is 0 Å². The van der Waals surface area contributed by atoms with Crippen LogP contribution in [0.25, 0.3) is 0 Å². The van der Waals surface area contributed by atoms with Crippen molar-refractivity contribution in [1.82, 2.24) is 0 Å². The molecule has 0 saturated carbocycles. The average Bonchev–Trinajstić information content (AvgIpc) is 2.74. The van der Waals surface area contributed by atoms with Crippen LogP contribution in [0.4, 0.5) is 0 Å². The van der Waals surface area contributed by atoms with Crippen molar-refractivity contribution >= 4 is 56.9 Å². The zero-order valence-electron chi connectivity index (χ0n) is 20.4. The van der Waals surface area contributed by atoms with Crippen LogP contribution in [-0.2, 0) is 27.2 Å². The van der Waals surface area contributed by atoms with E-state index in [0.717, 1.165) is 12.8 Å². The summed E-state index contributed by atoms with van der Waals surface area (Å²) in [5, 5.41) is 0. The van der Waals surface area contributed by atoms with Crippen LogP contribution in [-0.4, -0.2) is 23.8 Å². The quantitative estimate of drug-likeness (QED) is 0.267. The molecule has 1 N–H and O–H groups in total. The van der Waals surface area contributed by atoms with Crippen molar-refractivity contribution in [2.75, 3.05) is 6.61 Å². The molecule has 0 unspecified atom stereocenters. The van der Waals surface area contributed by atoms with Crippen molar-refractivity contribution in [3.05, 3.63) is 65.8 Å². The minimum Gasteiger partial charge on any atom is -0.870 e. The Balaban J connectivity index is 0.000000323. The van der Waals surface area contributed by atoms with E-state index in [9.17, 15) is 9.59 Å². The van der Waals surface area contributed by atoms with Crippen LogP contribution < -0.4 is 29.6 Å². The molecule has 180 valence electrons. The number of hydrogen-bond donors (Lipinski definition) is 0. The molecular weight excluding hydrogens is 665 g/mol. The molecule has 0 bridgehead atoms. The van der Waals surface area contributed by atoms with Gasteiger partial charge in [-0.2, -0.15) is 0 Å². The summed E-state index contributed by atoms with van der Waals surface area (Å²) in [6.07, 6.45) is 8.25. The summed E-state index contributed by atoms with van der Waals surface area (Å²) in [7, 11) is 0. The number of Topliss-reactive ketones (excluding diaryl/α,β-unsaturated/α-hetero) is 1. The third kappa shape index (κ3) is 9.47. The summed E-state index contributed by atoms with van der Waals surface area (Å²) >= 11 is 4.69. The molecule has 7 heteroatoms. The Bertz CT molecular complexity index is 964. The second-order valence-corrected chi connectivity index (χ2v) is 11.3. The molecule has 0 aromatic heterocycles. The molecule has 0 aliphatic heterocycles. The third-order valence-corrected chi connectivity index (χ3v) is 7.68. The Morgan fingerprint density at radius 3 is 1.79 bits per heavy atom. The number of aryl methyl sites for hydroxylation is 2. The molecule has 0 heterocycles. The Hall–Kier alpha value is 0.000000000000000146. The van der Waals surface area contributed by atoms with Crippen molar-refractivity contribution in [3.63, 3.8) is 0 Å². The van der Waals surface area contributed by atoms with Gasteiger partial charge in [0.05, 0.1) is 13.0 Å². The molecule has 34 heavy (non-hydrogen) atoms. The fraction of sp³-hybridized carbons (Fsp3) is 0.481. The van der Waals surface area contributed by atoms with Gasteiger partial charge >= 0.3 is 35.5 Å². The van der Waals surface area contributed by atoms with Gasteiger partial charge in [-0.25, -0.2) is 0 Å². The molecule has 4 rings (SSSR count). The largest absolute Gasteiger partial charge is 1.00 e. The second kappa shape index (κ2) is 16.0. The number of rotatable bonds is 5. The number of halogens is 2. The van der Waals surface area contributed by atoms with Gasteiger partial charge < -0.3 is 15.0 Å². The minimum atomic E-state index is -0.0658. The molecule has 0 saturated heterocycles. The van der Waals surface area contributed by atoms with Crippen molar-refractivity contribution in [1.29, 1.82) is 0 Å². The molecule has 2 aliphatic rings. The first-order chi connectivity index (χ1) is 15.4. The molecule has 2 aromatic rings. The predicted octanol–water partition coefficient (Wildman–Crippen LogP) is 4.18. The maximum Gasteiger partial charge on any atom is 1.00 e. The average molecular weight is 698 g/mol. The van der Waals surface area contributed by atoms with Crippen LogP contribution in [0.1, 0.15) is 86.5 Å². The molecule has 4 nitrogen and oxygen atoms in total. The van der Waals surface area contributed by atoms with Crippen molar-refractivity contribution < 1.29 is 49.4 Å². The van der Waals surface area contributed by atoms with Gasteiger partial charge in [0.2, 0.25) is 0 Å². The zero-order valence-corrected chi connectivity index (χ0v) is 26.7. The summed E-state index contributed by atoms with van der Waals surface area (Å²) in [5.41, 5.74) is 5.64. The van der Waals surface area contributed by atoms with E-state index in [1.165, 1.54) is 55.1 Å². The van der Waals surface area contributed by atoms with Gasteiger partial charge in [0.25, 0.3) is 0 Å². The molecular formula is C27H33I2NaO4. The fourth-order valence-electron chi connectivity index (χ4n) is 4.96. The van der Waals surface area contributed by atoms with Crippen LogP contribution in [0.5, 0.6) is 0 Å². The smallest absolute Gasteiger partial charge is 0.870 e. The van der Waals surface area contributed by atoms with Gasteiger partial charge in [0, 0.05) is 13.6 Å². The van der Waals surface area contributed by atoms with E-state index in [0.29, 0.717) is 37.1 Å². The Morgan fingerprint density at radius 2 is 1.35 bits per heavy atom. The maximum absolute atomic E-state index is 11.6. The molecule has 2 aliphatic carbocycles. The molecule has 2 atom stereocenters. The Morgan fingerprint density at radius 1 is 0.882 bits per heavy atom. The van der Waals surface area contributed by atoms with Gasteiger partial charge in [0.1, 0.15) is 5.78 Å². The first kappa shape index (κ1) is 32.0. The number of benzene rings is 2. The number of ketones is 1. The number of carbonyl (C=O) groups is 2. The van der Waals surface area contributed by atoms with Gasteiger partial charge in [-0.1, -0.05) is 12.1 Å². The molecule has 0 fully saturated rings. The summed E-state index contributed by atoms with van der Waals surface area (Å²) in [6, 6.07) is 13.2. The van der Waals surface area contributed by atoms with E-state index in [2.05, 4.69) is 81.6 Å². The van der Waals surface area contributed by atoms with Crippen molar-refractivity contribution in [2.24, 2.45) is 0 Å². The number of ether oxygens (including phenoxy) is 1.